The number of carboxylic acids is 1. The van der Waals surface area contributed by atoms with Crippen LogP contribution in [-0.4, -0.2) is 58.6 Å². The van der Waals surface area contributed by atoms with Gasteiger partial charge < -0.3 is 25.8 Å². The highest BCUT2D eigenvalue weighted by atomic mass is 19.1. The number of hydrogen-bond donors (Lipinski definition) is 3. The second-order valence-electron chi connectivity index (χ2n) is 9.86. The van der Waals surface area contributed by atoms with Gasteiger partial charge in [-0.3, -0.25) is 14.4 Å². The molecule has 3 aliphatic rings. The van der Waals surface area contributed by atoms with E-state index in [1.54, 1.807) is 12.1 Å². The summed E-state index contributed by atoms with van der Waals surface area (Å²) in [6.45, 7) is 2.75. The van der Waals surface area contributed by atoms with Crippen molar-refractivity contribution in [3.05, 3.63) is 34.6 Å². The van der Waals surface area contributed by atoms with Gasteiger partial charge in [-0.05, 0) is 56.6 Å². The largest absolute Gasteiger partial charge is 0.481 e. The monoisotopic (exact) mass is 475 g/mol. The predicted molar refractivity (Wildman–Crippen MR) is 123 cm³/mol. The van der Waals surface area contributed by atoms with E-state index in [2.05, 4.69) is 12.2 Å². The maximum atomic E-state index is 15.6. The molecule has 8 nitrogen and oxygen atoms in total. The van der Waals surface area contributed by atoms with Crippen molar-refractivity contribution in [2.24, 2.45) is 11.7 Å². The zero-order valence-electron chi connectivity index (χ0n) is 19.6. The third kappa shape index (κ3) is 5.10. The van der Waals surface area contributed by atoms with Crippen molar-refractivity contribution >= 4 is 17.8 Å². The van der Waals surface area contributed by atoms with Gasteiger partial charge in [0.25, 0.3) is 5.91 Å². The Balaban J connectivity index is 1.48. The lowest BCUT2D eigenvalue weighted by Crippen LogP contribution is -2.51. The van der Waals surface area contributed by atoms with Crippen LogP contribution in [0.15, 0.2) is 12.1 Å². The summed E-state index contributed by atoms with van der Waals surface area (Å²) in [6.07, 6.45) is 5.52. The van der Waals surface area contributed by atoms with Crippen LogP contribution in [0.1, 0.15) is 73.4 Å². The lowest BCUT2D eigenvalue weighted by atomic mass is 9.79. The summed E-state index contributed by atoms with van der Waals surface area (Å²) < 4.78 is 21.6. The van der Waals surface area contributed by atoms with Crippen LogP contribution < -0.4 is 11.1 Å². The highest BCUT2D eigenvalue weighted by Gasteiger charge is 2.38. The van der Waals surface area contributed by atoms with Gasteiger partial charge in [0.1, 0.15) is 11.9 Å². The number of nitrogens with two attached hydrogens (primary N) is 1. The fraction of sp³-hybridized carbons (Fsp3) is 0.640. The fourth-order valence-corrected chi connectivity index (χ4v) is 5.40. The molecule has 186 valence electrons. The molecule has 1 saturated carbocycles. The van der Waals surface area contributed by atoms with Crippen LogP contribution in [0.5, 0.6) is 0 Å². The molecule has 2 aliphatic heterocycles. The topological polar surface area (TPSA) is 122 Å². The van der Waals surface area contributed by atoms with Crippen molar-refractivity contribution in [2.75, 3.05) is 6.61 Å². The van der Waals surface area contributed by atoms with Crippen LogP contribution in [-0.2, 0) is 27.3 Å². The second-order valence-corrected chi connectivity index (χ2v) is 9.86. The van der Waals surface area contributed by atoms with E-state index in [0.29, 0.717) is 30.6 Å². The number of nitrogens with one attached hydrogen (secondary N) is 1. The number of halogens is 1. The lowest BCUT2D eigenvalue weighted by Gasteiger charge is -2.39. The fourth-order valence-electron chi connectivity index (χ4n) is 5.40. The van der Waals surface area contributed by atoms with Crippen LogP contribution >= 0.6 is 0 Å². The Bertz CT molecular complexity index is 951. The number of hydrogen-bond acceptors (Lipinski definition) is 5. The first-order chi connectivity index (χ1) is 16.3. The number of carbonyl (C=O) groups excluding carboxylic acids is 2. The molecule has 0 bridgehead atoms. The van der Waals surface area contributed by atoms with E-state index in [0.717, 1.165) is 12.8 Å². The third-order valence-electron chi connectivity index (χ3n) is 7.67. The van der Waals surface area contributed by atoms with E-state index in [1.807, 2.05) is 0 Å². The molecule has 1 saturated heterocycles. The lowest BCUT2D eigenvalue weighted by molar-refractivity contribution is -0.137. The Labute approximate surface area is 199 Å². The minimum atomic E-state index is -1.10. The van der Waals surface area contributed by atoms with Gasteiger partial charge in [0.15, 0.2) is 0 Å². The SMILES string of the molecule is CC(N[C@H]1CCCO[C@@H]1Cc1ccc2c(c1F)CN(C(CCC(=O)O)C(N)=O)C2=O)C1CCC1. The van der Waals surface area contributed by atoms with Crippen LogP contribution in [0.25, 0.3) is 0 Å². The van der Waals surface area contributed by atoms with E-state index in [9.17, 15) is 14.4 Å². The van der Waals surface area contributed by atoms with E-state index in [-0.39, 0.29) is 42.7 Å². The number of nitrogens with zero attached hydrogens (tertiary/aromatic N) is 1. The standard InChI is InChI=1S/C25H34FN3O5/c1-14(15-4-2-5-15)28-19-6-3-11-34-21(19)12-16-7-8-17-18(23(16)26)13-29(25(17)33)20(24(27)32)9-10-22(30)31/h7-8,14-15,19-21,28H,2-6,9-13H2,1H3,(H2,27,32)(H,30,31)/t14?,19-,20?,21+/m0/s1. The minimum Gasteiger partial charge on any atom is -0.481 e. The zero-order chi connectivity index (χ0) is 24.4. The van der Waals surface area contributed by atoms with Crippen LogP contribution in [0, 0.1) is 11.7 Å². The Morgan fingerprint density at radius 2 is 2.06 bits per heavy atom. The van der Waals surface area contributed by atoms with E-state index >= 15 is 4.39 Å². The molecule has 4 N–H and O–H groups in total. The van der Waals surface area contributed by atoms with E-state index in [4.69, 9.17) is 15.6 Å². The number of primary amides is 1. The number of carbonyl (C=O) groups is 3. The molecular formula is C25H34FN3O5. The smallest absolute Gasteiger partial charge is 0.303 e. The molecule has 2 amide bonds. The first-order valence-electron chi connectivity index (χ1n) is 12.3. The molecule has 1 aliphatic carbocycles. The summed E-state index contributed by atoms with van der Waals surface area (Å²) in [7, 11) is 0. The average Bonchev–Trinajstić information content (AvgIpc) is 3.07. The molecule has 2 fully saturated rings. The summed E-state index contributed by atoms with van der Waals surface area (Å²) >= 11 is 0. The molecular weight excluding hydrogens is 441 g/mol. The third-order valence-corrected chi connectivity index (χ3v) is 7.67. The molecule has 0 spiro atoms. The van der Waals surface area contributed by atoms with Crippen molar-refractivity contribution in [3.63, 3.8) is 0 Å². The van der Waals surface area contributed by atoms with E-state index < -0.39 is 29.6 Å². The van der Waals surface area contributed by atoms with Gasteiger partial charge in [-0.15, -0.1) is 0 Å². The molecule has 2 heterocycles. The molecule has 1 aromatic rings. The molecule has 0 aromatic heterocycles. The van der Waals surface area contributed by atoms with Crippen molar-refractivity contribution in [2.45, 2.75) is 89.1 Å². The highest BCUT2D eigenvalue weighted by Crippen LogP contribution is 2.33. The molecule has 4 rings (SSSR count). The van der Waals surface area contributed by atoms with Crippen LogP contribution in [0.3, 0.4) is 0 Å². The molecule has 0 radical (unpaired) electrons. The summed E-state index contributed by atoms with van der Waals surface area (Å²) in [6, 6.07) is 2.66. The van der Waals surface area contributed by atoms with Crippen molar-refractivity contribution in [1.82, 2.24) is 10.2 Å². The number of amides is 2. The number of rotatable bonds is 10. The molecule has 9 heteroatoms. The summed E-state index contributed by atoms with van der Waals surface area (Å²) in [5.41, 5.74) is 6.34. The number of carboxylic acid groups (broad SMARTS) is 1. The van der Waals surface area contributed by atoms with Gasteiger partial charge in [-0.2, -0.15) is 0 Å². The number of ether oxygens (including phenoxy) is 1. The first-order valence-corrected chi connectivity index (χ1v) is 12.3. The van der Waals surface area contributed by atoms with E-state index in [1.165, 1.54) is 24.2 Å². The normalized spacial score (nSPS) is 24.4. The molecule has 34 heavy (non-hydrogen) atoms. The van der Waals surface area contributed by atoms with Crippen LogP contribution in [0.2, 0.25) is 0 Å². The number of aliphatic carboxylic acids is 1. The number of benzene rings is 1. The molecule has 4 atom stereocenters. The maximum Gasteiger partial charge on any atom is 0.303 e. The summed E-state index contributed by atoms with van der Waals surface area (Å²) in [4.78, 5) is 36.9. The van der Waals surface area contributed by atoms with Gasteiger partial charge in [0.05, 0.1) is 12.6 Å². The van der Waals surface area contributed by atoms with Crippen molar-refractivity contribution < 1.29 is 28.6 Å². The Hall–Kier alpha value is -2.52. The Kier molecular flexibility index (Phi) is 7.52. The molecule has 1 aromatic carbocycles. The van der Waals surface area contributed by atoms with Gasteiger partial charge in [0, 0.05) is 42.7 Å². The predicted octanol–water partition coefficient (Wildman–Crippen LogP) is 2.37. The Morgan fingerprint density at radius 3 is 2.71 bits per heavy atom. The quantitative estimate of drug-likeness (QED) is 0.478. The van der Waals surface area contributed by atoms with Gasteiger partial charge in [-0.25, -0.2) is 4.39 Å². The van der Waals surface area contributed by atoms with Gasteiger partial charge in [-0.1, -0.05) is 12.5 Å². The van der Waals surface area contributed by atoms with Gasteiger partial charge in [0.2, 0.25) is 5.91 Å². The molecule has 2 unspecified atom stereocenters. The Morgan fingerprint density at radius 1 is 1.29 bits per heavy atom. The first kappa shape index (κ1) is 24.6. The van der Waals surface area contributed by atoms with Crippen LogP contribution in [0.4, 0.5) is 4.39 Å². The summed E-state index contributed by atoms with van der Waals surface area (Å²) in [5.74, 6) is -2.16. The van der Waals surface area contributed by atoms with Crippen molar-refractivity contribution in [3.8, 4) is 0 Å². The summed E-state index contributed by atoms with van der Waals surface area (Å²) in [5, 5.41) is 12.7. The average molecular weight is 476 g/mol. The maximum absolute atomic E-state index is 15.6. The van der Waals surface area contributed by atoms with Crippen molar-refractivity contribution in [1.29, 1.82) is 0 Å². The second kappa shape index (κ2) is 10.4. The van der Waals surface area contributed by atoms with Gasteiger partial charge >= 0.3 is 5.97 Å². The highest BCUT2D eigenvalue weighted by molar-refractivity contribution is 6.01. The minimum absolute atomic E-state index is 0.104. The zero-order valence-corrected chi connectivity index (χ0v) is 19.6. The number of fused-ring (bicyclic) bond motifs is 1.